The monoisotopic (exact) mass is 246 g/mol. The van der Waals surface area contributed by atoms with Crippen molar-refractivity contribution in [1.82, 2.24) is 10.0 Å². The molecule has 0 radical (unpaired) electrons. The van der Waals surface area contributed by atoms with E-state index >= 15 is 0 Å². The van der Waals surface area contributed by atoms with Gasteiger partial charge in [-0.1, -0.05) is 0 Å². The summed E-state index contributed by atoms with van der Waals surface area (Å²) < 4.78 is 27.0. The van der Waals surface area contributed by atoms with E-state index in [1.54, 1.807) is 5.38 Å². The van der Waals surface area contributed by atoms with E-state index in [0.717, 1.165) is 25.1 Å². The number of sulfonamides is 1. The van der Waals surface area contributed by atoms with Gasteiger partial charge in [0, 0.05) is 12.6 Å². The Morgan fingerprint density at radius 3 is 2.93 bits per heavy atom. The highest BCUT2D eigenvalue weighted by Gasteiger charge is 2.24. The summed E-state index contributed by atoms with van der Waals surface area (Å²) in [7, 11) is -3.30. The molecule has 0 aromatic carbocycles. The molecule has 84 valence electrons. The molecule has 1 fully saturated rings. The fourth-order valence-electron chi connectivity index (χ4n) is 1.66. The number of aryl methyl sites for hydroxylation is 1. The second-order valence-corrected chi connectivity index (χ2v) is 6.53. The van der Waals surface area contributed by atoms with Crippen LogP contribution in [0.3, 0.4) is 0 Å². The lowest BCUT2D eigenvalue weighted by Gasteiger charge is -2.11. The maximum Gasteiger partial charge on any atom is 0.250 e. The third-order valence-corrected chi connectivity index (χ3v) is 5.65. The van der Waals surface area contributed by atoms with Gasteiger partial charge in [-0.25, -0.2) is 13.1 Å². The Kier molecular flexibility index (Phi) is 3.11. The predicted octanol–water partition coefficient (Wildman–Crippen LogP) is 0.697. The number of nitrogens with one attached hydrogen (secondary N) is 2. The van der Waals surface area contributed by atoms with Crippen LogP contribution >= 0.6 is 11.3 Å². The molecule has 0 spiro atoms. The Labute approximate surface area is 93.8 Å². The van der Waals surface area contributed by atoms with Gasteiger partial charge in [-0.15, -0.1) is 11.3 Å². The van der Waals surface area contributed by atoms with E-state index in [2.05, 4.69) is 10.0 Å². The van der Waals surface area contributed by atoms with E-state index in [1.807, 2.05) is 13.0 Å². The third-order valence-electron chi connectivity index (χ3n) is 2.44. The Morgan fingerprint density at radius 2 is 2.40 bits per heavy atom. The van der Waals surface area contributed by atoms with Crippen molar-refractivity contribution in [3.8, 4) is 0 Å². The van der Waals surface area contributed by atoms with Gasteiger partial charge >= 0.3 is 0 Å². The van der Waals surface area contributed by atoms with Crippen molar-refractivity contribution in [2.24, 2.45) is 0 Å². The van der Waals surface area contributed by atoms with Gasteiger partial charge in [0.2, 0.25) is 0 Å². The SMILES string of the molecule is Cc1ccsc1S(=O)(=O)NC1CCNC1. The molecule has 0 saturated carbocycles. The highest BCUT2D eigenvalue weighted by atomic mass is 32.2. The topological polar surface area (TPSA) is 58.2 Å². The summed E-state index contributed by atoms with van der Waals surface area (Å²) in [4.78, 5) is 0. The molecule has 2 heterocycles. The molecule has 0 amide bonds. The fraction of sp³-hybridized carbons (Fsp3) is 0.556. The third kappa shape index (κ3) is 2.39. The van der Waals surface area contributed by atoms with Crippen LogP contribution in [0.1, 0.15) is 12.0 Å². The molecule has 1 unspecified atom stereocenters. The maximum absolute atomic E-state index is 11.9. The Bertz CT molecular complexity index is 433. The van der Waals surface area contributed by atoms with Crippen LogP contribution in [0.4, 0.5) is 0 Å². The van der Waals surface area contributed by atoms with E-state index < -0.39 is 10.0 Å². The molecule has 1 aromatic heterocycles. The molecule has 2 rings (SSSR count). The zero-order chi connectivity index (χ0) is 10.9. The van der Waals surface area contributed by atoms with Crippen molar-refractivity contribution in [1.29, 1.82) is 0 Å². The van der Waals surface area contributed by atoms with Gasteiger partial charge in [0.1, 0.15) is 4.21 Å². The normalized spacial score (nSPS) is 22.1. The smallest absolute Gasteiger partial charge is 0.250 e. The summed E-state index contributed by atoms with van der Waals surface area (Å²) in [6.45, 7) is 3.43. The fourth-order valence-corrected chi connectivity index (χ4v) is 4.37. The summed E-state index contributed by atoms with van der Waals surface area (Å²) >= 11 is 1.27. The Balaban J connectivity index is 2.16. The van der Waals surface area contributed by atoms with E-state index in [-0.39, 0.29) is 6.04 Å². The van der Waals surface area contributed by atoms with Crippen molar-refractivity contribution in [3.63, 3.8) is 0 Å². The lowest BCUT2D eigenvalue weighted by atomic mass is 10.3. The van der Waals surface area contributed by atoms with Gasteiger partial charge in [-0.3, -0.25) is 0 Å². The number of rotatable bonds is 3. The minimum atomic E-state index is -3.30. The molecule has 0 bridgehead atoms. The summed E-state index contributed by atoms with van der Waals surface area (Å²) in [6, 6.07) is 1.86. The zero-order valence-electron chi connectivity index (χ0n) is 8.49. The van der Waals surface area contributed by atoms with Crippen molar-refractivity contribution in [2.75, 3.05) is 13.1 Å². The minimum absolute atomic E-state index is 0.0384. The number of hydrogen-bond acceptors (Lipinski definition) is 4. The Hall–Kier alpha value is -0.430. The van der Waals surface area contributed by atoms with Crippen LogP contribution in [0, 0.1) is 6.92 Å². The van der Waals surface area contributed by atoms with Crippen molar-refractivity contribution >= 4 is 21.4 Å². The molecule has 0 aliphatic carbocycles. The highest BCUT2D eigenvalue weighted by molar-refractivity contribution is 7.91. The summed E-state index contributed by atoms with van der Waals surface area (Å²) in [5, 5.41) is 4.93. The van der Waals surface area contributed by atoms with Gasteiger partial charge in [-0.2, -0.15) is 0 Å². The standard InChI is InChI=1S/C9H14N2O2S2/c1-7-3-5-14-9(7)15(12,13)11-8-2-4-10-6-8/h3,5,8,10-11H,2,4,6H2,1H3. The van der Waals surface area contributed by atoms with Crippen LogP contribution in [-0.2, 0) is 10.0 Å². The molecule has 4 nitrogen and oxygen atoms in total. The lowest BCUT2D eigenvalue weighted by Crippen LogP contribution is -2.36. The quantitative estimate of drug-likeness (QED) is 0.825. The van der Waals surface area contributed by atoms with E-state index in [1.165, 1.54) is 11.3 Å². The Morgan fingerprint density at radius 1 is 1.60 bits per heavy atom. The summed E-state index contributed by atoms with van der Waals surface area (Å²) in [5.41, 5.74) is 0.818. The zero-order valence-corrected chi connectivity index (χ0v) is 10.1. The van der Waals surface area contributed by atoms with E-state index in [9.17, 15) is 8.42 Å². The lowest BCUT2D eigenvalue weighted by molar-refractivity contribution is 0.561. The number of hydrogen-bond donors (Lipinski definition) is 2. The van der Waals surface area contributed by atoms with Crippen LogP contribution in [0.2, 0.25) is 0 Å². The number of thiophene rings is 1. The average Bonchev–Trinajstić information content (AvgIpc) is 2.75. The van der Waals surface area contributed by atoms with Crippen LogP contribution in [-0.4, -0.2) is 27.5 Å². The van der Waals surface area contributed by atoms with Crippen LogP contribution in [0.25, 0.3) is 0 Å². The molecular formula is C9H14N2O2S2. The highest BCUT2D eigenvalue weighted by Crippen LogP contribution is 2.22. The van der Waals surface area contributed by atoms with Gasteiger partial charge < -0.3 is 5.32 Å². The van der Waals surface area contributed by atoms with Gasteiger partial charge in [0.15, 0.2) is 0 Å². The molecule has 1 saturated heterocycles. The largest absolute Gasteiger partial charge is 0.315 e. The van der Waals surface area contributed by atoms with E-state index in [4.69, 9.17) is 0 Å². The molecule has 1 aliphatic heterocycles. The van der Waals surface area contributed by atoms with Crippen molar-refractivity contribution < 1.29 is 8.42 Å². The molecule has 1 aromatic rings. The first-order valence-electron chi connectivity index (χ1n) is 4.87. The summed E-state index contributed by atoms with van der Waals surface area (Å²) in [6.07, 6.45) is 0.865. The first kappa shape index (κ1) is 11.1. The first-order valence-corrected chi connectivity index (χ1v) is 7.23. The second-order valence-electron chi connectivity index (χ2n) is 3.70. The van der Waals surface area contributed by atoms with E-state index in [0.29, 0.717) is 4.21 Å². The second kappa shape index (κ2) is 4.21. The van der Waals surface area contributed by atoms with Gasteiger partial charge in [0.25, 0.3) is 10.0 Å². The molecule has 15 heavy (non-hydrogen) atoms. The minimum Gasteiger partial charge on any atom is -0.315 e. The molecule has 2 N–H and O–H groups in total. The van der Waals surface area contributed by atoms with Crippen LogP contribution < -0.4 is 10.0 Å². The summed E-state index contributed by atoms with van der Waals surface area (Å²) in [5.74, 6) is 0. The molecule has 1 aliphatic rings. The van der Waals surface area contributed by atoms with Crippen LogP contribution in [0.5, 0.6) is 0 Å². The van der Waals surface area contributed by atoms with Gasteiger partial charge in [-0.05, 0) is 36.9 Å². The van der Waals surface area contributed by atoms with Crippen LogP contribution in [0.15, 0.2) is 15.7 Å². The van der Waals surface area contributed by atoms with Crippen molar-refractivity contribution in [2.45, 2.75) is 23.6 Å². The molecular weight excluding hydrogens is 232 g/mol. The average molecular weight is 246 g/mol. The maximum atomic E-state index is 11.9. The first-order chi connectivity index (χ1) is 7.09. The van der Waals surface area contributed by atoms with Crippen molar-refractivity contribution in [3.05, 3.63) is 17.0 Å². The molecule has 1 atom stereocenters. The van der Waals surface area contributed by atoms with Gasteiger partial charge in [0.05, 0.1) is 0 Å². The molecule has 6 heteroatoms. The predicted molar refractivity (Wildman–Crippen MR) is 60.7 cm³/mol.